The zero-order valence-electron chi connectivity index (χ0n) is 11.4. The first-order chi connectivity index (χ1) is 9.37. The van der Waals surface area contributed by atoms with E-state index in [0.29, 0.717) is 12.8 Å². The summed E-state index contributed by atoms with van der Waals surface area (Å²) >= 11 is 0. The number of fused-ring (bicyclic) bond motifs is 2. The first-order valence-corrected chi connectivity index (χ1v) is 6.98. The zero-order valence-corrected chi connectivity index (χ0v) is 11.4. The van der Waals surface area contributed by atoms with Crippen molar-refractivity contribution < 1.29 is 18.7 Å². The minimum absolute atomic E-state index is 0.206. The van der Waals surface area contributed by atoms with Gasteiger partial charge >= 0.3 is 5.97 Å². The number of carboxylic acids is 1. The number of aliphatic carboxylic acids is 1. The maximum absolute atomic E-state index is 14.2. The first-order valence-electron chi connectivity index (χ1n) is 6.98. The lowest BCUT2D eigenvalue weighted by atomic mass is 9.64. The molecule has 5 atom stereocenters. The molecule has 0 radical (unpaired) electrons. The van der Waals surface area contributed by atoms with E-state index in [-0.39, 0.29) is 12.3 Å². The van der Waals surface area contributed by atoms with Gasteiger partial charge < -0.3 is 5.11 Å². The Morgan fingerprint density at radius 2 is 2.25 bits per heavy atom. The second kappa shape index (κ2) is 4.27. The zero-order chi connectivity index (χ0) is 14.5. The van der Waals surface area contributed by atoms with Gasteiger partial charge in [-0.25, -0.2) is 8.78 Å². The third kappa shape index (κ3) is 1.77. The SMILES string of the molecule is CC1(CC23C=CC(CC2C(=O)O)C3)C(F)=CC=CC1F. The molecule has 2 bridgehead atoms. The highest BCUT2D eigenvalue weighted by Gasteiger charge is 2.56. The van der Waals surface area contributed by atoms with Crippen LogP contribution in [0.2, 0.25) is 0 Å². The molecule has 4 heteroatoms. The number of rotatable bonds is 3. The molecule has 2 nitrogen and oxygen atoms in total. The summed E-state index contributed by atoms with van der Waals surface area (Å²) in [5, 5.41) is 9.40. The van der Waals surface area contributed by atoms with Gasteiger partial charge in [-0.1, -0.05) is 25.2 Å². The smallest absolute Gasteiger partial charge is 0.307 e. The predicted molar refractivity (Wildman–Crippen MR) is 71.4 cm³/mol. The molecule has 0 aromatic heterocycles. The summed E-state index contributed by atoms with van der Waals surface area (Å²) in [6, 6.07) is 0. The molecule has 20 heavy (non-hydrogen) atoms. The van der Waals surface area contributed by atoms with E-state index in [1.54, 1.807) is 6.92 Å². The van der Waals surface area contributed by atoms with E-state index in [4.69, 9.17) is 0 Å². The Kier molecular flexibility index (Phi) is 2.89. The fraction of sp³-hybridized carbons (Fsp3) is 0.562. The quantitative estimate of drug-likeness (QED) is 0.798. The first kappa shape index (κ1) is 13.5. The van der Waals surface area contributed by atoms with Gasteiger partial charge in [0.25, 0.3) is 0 Å². The van der Waals surface area contributed by atoms with Crippen LogP contribution in [0.5, 0.6) is 0 Å². The standard InChI is InChI=1S/C16H18F2O2/c1-15(12(17)3-2-4-13(15)18)9-16-6-5-10(8-16)7-11(16)14(19)20/h2-6,10-12H,7-9H2,1H3,(H,19,20). The number of hydrogen-bond acceptors (Lipinski definition) is 1. The Morgan fingerprint density at radius 3 is 2.85 bits per heavy atom. The minimum atomic E-state index is -1.41. The molecule has 1 saturated carbocycles. The van der Waals surface area contributed by atoms with Gasteiger partial charge in [0.1, 0.15) is 12.0 Å². The summed E-state index contributed by atoms with van der Waals surface area (Å²) in [5.74, 6) is -1.63. The number of carbonyl (C=O) groups is 1. The molecular formula is C16H18F2O2. The Bertz CT molecular complexity index is 537. The van der Waals surface area contributed by atoms with E-state index < -0.39 is 34.7 Å². The minimum Gasteiger partial charge on any atom is -0.481 e. The number of alkyl halides is 1. The summed E-state index contributed by atoms with van der Waals surface area (Å²) < 4.78 is 28.4. The van der Waals surface area contributed by atoms with Gasteiger partial charge in [0, 0.05) is 5.41 Å². The summed E-state index contributed by atoms with van der Waals surface area (Å²) in [6.45, 7) is 1.56. The van der Waals surface area contributed by atoms with Crippen molar-refractivity contribution in [2.45, 2.75) is 32.4 Å². The van der Waals surface area contributed by atoms with Crippen molar-refractivity contribution in [3.63, 3.8) is 0 Å². The fourth-order valence-corrected chi connectivity index (χ4v) is 4.15. The van der Waals surface area contributed by atoms with Crippen molar-refractivity contribution in [1.82, 2.24) is 0 Å². The van der Waals surface area contributed by atoms with Crippen LogP contribution in [0.3, 0.4) is 0 Å². The highest BCUT2D eigenvalue weighted by Crippen LogP contribution is 2.60. The molecule has 3 aliphatic rings. The average Bonchev–Trinajstić information content (AvgIpc) is 2.93. The lowest BCUT2D eigenvalue weighted by molar-refractivity contribution is -0.145. The van der Waals surface area contributed by atoms with Crippen molar-refractivity contribution in [3.05, 3.63) is 36.2 Å². The molecule has 0 spiro atoms. The van der Waals surface area contributed by atoms with Crippen LogP contribution in [0.25, 0.3) is 0 Å². The molecule has 0 aliphatic heterocycles. The number of allylic oxidation sites excluding steroid dienone is 6. The van der Waals surface area contributed by atoms with E-state index >= 15 is 0 Å². The van der Waals surface area contributed by atoms with E-state index in [2.05, 4.69) is 0 Å². The lowest BCUT2D eigenvalue weighted by Crippen LogP contribution is -2.40. The average molecular weight is 280 g/mol. The molecule has 108 valence electrons. The van der Waals surface area contributed by atoms with E-state index in [9.17, 15) is 18.7 Å². The Morgan fingerprint density at radius 1 is 1.50 bits per heavy atom. The van der Waals surface area contributed by atoms with Crippen molar-refractivity contribution in [2.75, 3.05) is 0 Å². The molecule has 5 unspecified atom stereocenters. The Balaban J connectivity index is 1.94. The van der Waals surface area contributed by atoms with Gasteiger partial charge in [0.15, 0.2) is 0 Å². The molecule has 0 aromatic rings. The molecule has 1 fully saturated rings. The van der Waals surface area contributed by atoms with Crippen LogP contribution in [-0.4, -0.2) is 17.2 Å². The van der Waals surface area contributed by atoms with Crippen LogP contribution in [-0.2, 0) is 4.79 Å². The topological polar surface area (TPSA) is 37.3 Å². The molecule has 0 saturated heterocycles. The molecule has 0 aromatic carbocycles. The summed E-state index contributed by atoms with van der Waals surface area (Å²) in [7, 11) is 0. The van der Waals surface area contributed by atoms with Crippen molar-refractivity contribution >= 4 is 5.97 Å². The molecule has 0 heterocycles. The van der Waals surface area contributed by atoms with Crippen molar-refractivity contribution in [1.29, 1.82) is 0 Å². The normalized spacial score (nSPS) is 45.8. The second-order valence-corrected chi connectivity index (χ2v) is 6.58. The largest absolute Gasteiger partial charge is 0.481 e. The predicted octanol–water partition coefficient (Wildman–Crippen LogP) is 3.81. The van der Waals surface area contributed by atoms with Gasteiger partial charge in [0.2, 0.25) is 0 Å². The van der Waals surface area contributed by atoms with Crippen LogP contribution < -0.4 is 0 Å². The monoisotopic (exact) mass is 280 g/mol. The number of carboxylic acid groups (broad SMARTS) is 1. The van der Waals surface area contributed by atoms with Crippen molar-refractivity contribution in [3.8, 4) is 0 Å². The Labute approximate surface area is 116 Å². The maximum Gasteiger partial charge on any atom is 0.307 e. The summed E-state index contributed by atoms with van der Waals surface area (Å²) in [6.07, 6.45) is 8.00. The van der Waals surface area contributed by atoms with Crippen LogP contribution in [0, 0.1) is 22.7 Å². The third-order valence-electron chi connectivity index (χ3n) is 5.25. The van der Waals surface area contributed by atoms with Gasteiger partial charge in [-0.15, -0.1) is 0 Å². The van der Waals surface area contributed by atoms with Gasteiger partial charge in [-0.2, -0.15) is 0 Å². The molecule has 3 rings (SSSR count). The van der Waals surface area contributed by atoms with E-state index in [1.165, 1.54) is 18.2 Å². The summed E-state index contributed by atoms with van der Waals surface area (Å²) in [4.78, 5) is 11.5. The van der Waals surface area contributed by atoms with Crippen molar-refractivity contribution in [2.24, 2.45) is 22.7 Å². The maximum atomic E-state index is 14.2. The highest BCUT2D eigenvalue weighted by atomic mass is 19.1. The molecule has 3 aliphatic carbocycles. The van der Waals surface area contributed by atoms with Gasteiger partial charge in [-0.05, 0) is 37.3 Å². The fourth-order valence-electron chi connectivity index (χ4n) is 4.15. The molecular weight excluding hydrogens is 262 g/mol. The van der Waals surface area contributed by atoms with Gasteiger partial charge in [-0.3, -0.25) is 4.79 Å². The second-order valence-electron chi connectivity index (χ2n) is 6.58. The summed E-state index contributed by atoms with van der Waals surface area (Å²) in [5.41, 5.74) is -1.86. The highest BCUT2D eigenvalue weighted by molar-refractivity contribution is 5.73. The van der Waals surface area contributed by atoms with Gasteiger partial charge in [0.05, 0.1) is 11.3 Å². The van der Waals surface area contributed by atoms with E-state index in [0.717, 1.165) is 0 Å². The van der Waals surface area contributed by atoms with Crippen LogP contribution in [0.15, 0.2) is 36.2 Å². The number of halogens is 2. The number of hydrogen-bond donors (Lipinski definition) is 1. The van der Waals surface area contributed by atoms with Crippen LogP contribution >= 0.6 is 0 Å². The van der Waals surface area contributed by atoms with E-state index in [1.807, 2.05) is 12.2 Å². The Hall–Kier alpha value is -1.45. The lowest BCUT2D eigenvalue weighted by Gasteiger charge is -2.41. The van der Waals surface area contributed by atoms with Crippen LogP contribution in [0.4, 0.5) is 8.78 Å². The molecule has 1 N–H and O–H groups in total. The van der Waals surface area contributed by atoms with Crippen LogP contribution in [0.1, 0.15) is 26.2 Å². The molecule has 0 amide bonds. The third-order valence-corrected chi connectivity index (χ3v) is 5.25.